The molecule has 1 aromatic heterocycles. The molecule has 1 aromatic carbocycles. The zero-order chi connectivity index (χ0) is 14.7. The van der Waals surface area contributed by atoms with Crippen molar-refractivity contribution in [2.45, 2.75) is 41.0 Å². The Kier molecular flexibility index (Phi) is 4.38. The van der Waals surface area contributed by atoms with E-state index in [4.69, 9.17) is 4.98 Å². The first kappa shape index (κ1) is 14.5. The summed E-state index contributed by atoms with van der Waals surface area (Å²) in [6.07, 6.45) is 1.07. The molecule has 0 spiro atoms. The minimum absolute atomic E-state index is 0.889. The average molecular weight is 269 g/mol. The van der Waals surface area contributed by atoms with Crippen molar-refractivity contribution in [3.63, 3.8) is 0 Å². The summed E-state index contributed by atoms with van der Waals surface area (Å²) in [5.41, 5.74) is 6.56. The Morgan fingerprint density at radius 1 is 0.900 bits per heavy atom. The molecule has 0 atom stereocenters. The Hall–Kier alpha value is -1.90. The van der Waals surface area contributed by atoms with Crippen molar-refractivity contribution in [3.8, 4) is 11.3 Å². The number of aromatic nitrogens is 2. The highest BCUT2D eigenvalue weighted by atomic mass is 15.0. The van der Waals surface area contributed by atoms with Crippen molar-refractivity contribution in [1.82, 2.24) is 9.97 Å². The van der Waals surface area contributed by atoms with E-state index in [1.165, 1.54) is 11.1 Å². The maximum Gasteiger partial charge on any atom is 0.152 e. The highest BCUT2D eigenvalue weighted by Crippen LogP contribution is 2.27. The molecule has 3 heteroatoms. The van der Waals surface area contributed by atoms with Gasteiger partial charge in [0.15, 0.2) is 5.82 Å². The van der Waals surface area contributed by atoms with Crippen molar-refractivity contribution in [1.29, 1.82) is 0 Å². The number of aryl methyl sites for hydroxylation is 4. The molecule has 0 aliphatic rings. The highest BCUT2D eigenvalue weighted by molar-refractivity contribution is 5.72. The minimum atomic E-state index is 0.889. The molecular weight excluding hydrogens is 246 g/mol. The second-order valence-electron chi connectivity index (χ2n) is 5.39. The normalized spacial score (nSPS) is 10.7. The van der Waals surface area contributed by atoms with Crippen LogP contribution in [0.15, 0.2) is 18.2 Å². The number of hydrogen-bond acceptors (Lipinski definition) is 3. The minimum Gasteiger partial charge on any atom is -0.368 e. The Morgan fingerprint density at radius 2 is 1.50 bits per heavy atom. The second-order valence-corrected chi connectivity index (χ2v) is 5.39. The molecule has 0 bridgehead atoms. The van der Waals surface area contributed by atoms with Gasteiger partial charge in [-0.15, -0.1) is 0 Å². The fourth-order valence-corrected chi connectivity index (χ4v) is 2.28. The third kappa shape index (κ3) is 3.16. The topological polar surface area (TPSA) is 37.8 Å². The molecule has 0 aliphatic carbocycles. The summed E-state index contributed by atoms with van der Waals surface area (Å²) >= 11 is 0. The standard InChI is InChI=1S/C17H23N3/c1-6-7-18-17-16(19-13(4)14(5)20-17)15-9-11(2)8-12(3)10-15/h8-10H,6-7H2,1-5H3,(H,18,20). The van der Waals surface area contributed by atoms with Gasteiger partial charge in [0.05, 0.1) is 11.4 Å². The van der Waals surface area contributed by atoms with E-state index in [1.54, 1.807) is 0 Å². The lowest BCUT2D eigenvalue weighted by Gasteiger charge is -2.13. The van der Waals surface area contributed by atoms with Crippen molar-refractivity contribution in [2.75, 3.05) is 11.9 Å². The van der Waals surface area contributed by atoms with Gasteiger partial charge in [-0.1, -0.05) is 24.1 Å². The summed E-state index contributed by atoms with van der Waals surface area (Å²) in [6.45, 7) is 11.3. The molecule has 2 rings (SSSR count). The van der Waals surface area contributed by atoms with Gasteiger partial charge in [-0.25, -0.2) is 9.97 Å². The van der Waals surface area contributed by atoms with Crippen LogP contribution >= 0.6 is 0 Å². The van der Waals surface area contributed by atoms with Crippen LogP contribution in [0.3, 0.4) is 0 Å². The Bertz CT molecular complexity index is 598. The molecule has 3 nitrogen and oxygen atoms in total. The van der Waals surface area contributed by atoms with Crippen LogP contribution in [0.1, 0.15) is 35.9 Å². The smallest absolute Gasteiger partial charge is 0.152 e. The van der Waals surface area contributed by atoms with Crippen LogP contribution in [0.5, 0.6) is 0 Å². The Balaban J connectivity index is 2.55. The second kappa shape index (κ2) is 6.04. The number of nitrogens with one attached hydrogen (secondary N) is 1. The summed E-state index contributed by atoms with van der Waals surface area (Å²) in [5, 5.41) is 3.39. The summed E-state index contributed by atoms with van der Waals surface area (Å²) in [4.78, 5) is 9.43. The number of rotatable bonds is 4. The van der Waals surface area contributed by atoms with Crippen molar-refractivity contribution < 1.29 is 0 Å². The lowest BCUT2D eigenvalue weighted by atomic mass is 10.0. The zero-order valence-corrected chi connectivity index (χ0v) is 13.0. The van der Waals surface area contributed by atoms with Crippen molar-refractivity contribution in [2.24, 2.45) is 0 Å². The van der Waals surface area contributed by atoms with Gasteiger partial charge < -0.3 is 5.32 Å². The van der Waals surface area contributed by atoms with E-state index in [-0.39, 0.29) is 0 Å². The first-order valence-electron chi connectivity index (χ1n) is 7.19. The largest absolute Gasteiger partial charge is 0.368 e. The zero-order valence-electron chi connectivity index (χ0n) is 13.0. The van der Waals surface area contributed by atoms with Crippen molar-refractivity contribution >= 4 is 5.82 Å². The van der Waals surface area contributed by atoms with Crippen LogP contribution in [-0.4, -0.2) is 16.5 Å². The predicted molar refractivity (Wildman–Crippen MR) is 85.2 cm³/mol. The fraction of sp³-hybridized carbons (Fsp3) is 0.412. The summed E-state index contributed by atoms with van der Waals surface area (Å²) in [6, 6.07) is 6.52. The van der Waals surface area contributed by atoms with Crippen LogP contribution in [0.2, 0.25) is 0 Å². The monoisotopic (exact) mass is 269 g/mol. The van der Waals surface area contributed by atoms with E-state index >= 15 is 0 Å². The van der Waals surface area contributed by atoms with Gasteiger partial charge in [0.25, 0.3) is 0 Å². The molecule has 0 amide bonds. The van der Waals surface area contributed by atoms with Crippen LogP contribution in [0, 0.1) is 27.7 Å². The van der Waals surface area contributed by atoms with Gasteiger partial charge in [-0.3, -0.25) is 0 Å². The maximum atomic E-state index is 4.75. The van der Waals surface area contributed by atoms with Gasteiger partial charge in [0, 0.05) is 12.1 Å². The van der Waals surface area contributed by atoms with Crippen molar-refractivity contribution in [3.05, 3.63) is 40.7 Å². The number of nitrogens with zero attached hydrogens (tertiary/aromatic N) is 2. The first-order chi connectivity index (χ1) is 9.51. The molecule has 0 saturated heterocycles. The molecule has 20 heavy (non-hydrogen) atoms. The van der Waals surface area contributed by atoms with Gasteiger partial charge in [0.2, 0.25) is 0 Å². The Morgan fingerprint density at radius 3 is 2.10 bits per heavy atom. The van der Waals surface area contributed by atoms with E-state index in [1.807, 2.05) is 13.8 Å². The molecular formula is C17H23N3. The highest BCUT2D eigenvalue weighted by Gasteiger charge is 2.11. The van der Waals surface area contributed by atoms with Crippen LogP contribution in [0.25, 0.3) is 11.3 Å². The average Bonchev–Trinajstić information content (AvgIpc) is 2.38. The number of benzene rings is 1. The van der Waals surface area contributed by atoms with E-state index in [9.17, 15) is 0 Å². The molecule has 106 valence electrons. The molecule has 0 radical (unpaired) electrons. The lowest BCUT2D eigenvalue weighted by Crippen LogP contribution is -2.07. The van der Waals surface area contributed by atoms with Crippen LogP contribution in [-0.2, 0) is 0 Å². The number of anilines is 1. The summed E-state index contributed by atoms with van der Waals surface area (Å²) in [7, 11) is 0. The van der Waals surface area contributed by atoms with E-state index in [0.29, 0.717) is 0 Å². The molecule has 0 unspecified atom stereocenters. The van der Waals surface area contributed by atoms with Gasteiger partial charge in [0.1, 0.15) is 5.69 Å². The quantitative estimate of drug-likeness (QED) is 0.904. The molecule has 0 aliphatic heterocycles. The number of hydrogen-bond donors (Lipinski definition) is 1. The third-order valence-corrected chi connectivity index (χ3v) is 3.34. The van der Waals surface area contributed by atoms with Gasteiger partial charge >= 0.3 is 0 Å². The molecule has 0 saturated carbocycles. The van der Waals surface area contributed by atoms with E-state index in [0.717, 1.165) is 41.4 Å². The Labute approximate surface area is 121 Å². The summed E-state index contributed by atoms with van der Waals surface area (Å²) < 4.78 is 0. The molecule has 1 N–H and O–H groups in total. The van der Waals surface area contributed by atoms with Gasteiger partial charge in [-0.05, 0) is 46.2 Å². The predicted octanol–water partition coefficient (Wildman–Crippen LogP) is 4.20. The van der Waals surface area contributed by atoms with E-state index < -0.39 is 0 Å². The maximum absolute atomic E-state index is 4.75. The lowest BCUT2D eigenvalue weighted by molar-refractivity contribution is 0.953. The molecule has 2 aromatic rings. The van der Waals surface area contributed by atoms with Crippen LogP contribution < -0.4 is 5.32 Å². The third-order valence-electron chi connectivity index (χ3n) is 3.34. The first-order valence-corrected chi connectivity index (χ1v) is 7.19. The van der Waals surface area contributed by atoms with Gasteiger partial charge in [-0.2, -0.15) is 0 Å². The SMILES string of the molecule is CCCNc1nc(C)c(C)nc1-c1cc(C)cc(C)c1. The fourth-order valence-electron chi connectivity index (χ4n) is 2.28. The molecule has 0 fully saturated rings. The summed E-state index contributed by atoms with van der Waals surface area (Å²) in [5.74, 6) is 0.889. The molecule has 1 heterocycles. The van der Waals surface area contributed by atoms with E-state index in [2.05, 4.69) is 49.3 Å². The van der Waals surface area contributed by atoms with Crippen LogP contribution in [0.4, 0.5) is 5.82 Å².